The Labute approximate surface area is 98.9 Å². The molecule has 0 saturated heterocycles. The van der Waals surface area contributed by atoms with E-state index >= 15 is 0 Å². The molecule has 0 fully saturated rings. The molecule has 1 rings (SSSR count). The lowest BCUT2D eigenvalue weighted by atomic mass is 9.99. The summed E-state index contributed by atoms with van der Waals surface area (Å²) < 4.78 is 0. The largest absolute Gasteiger partial charge is 0.298 e. The third-order valence-corrected chi connectivity index (χ3v) is 2.85. The minimum Gasteiger partial charge on any atom is -0.298 e. The summed E-state index contributed by atoms with van der Waals surface area (Å²) in [6.07, 6.45) is 7.97. The molecule has 0 bridgehead atoms. The van der Waals surface area contributed by atoms with Crippen LogP contribution in [0.2, 0.25) is 0 Å². The Balaban J connectivity index is 2.78. The van der Waals surface area contributed by atoms with Crippen LogP contribution in [0.1, 0.15) is 61.0 Å². The first-order valence-corrected chi connectivity index (χ1v) is 6.38. The van der Waals surface area contributed by atoms with Crippen molar-refractivity contribution < 1.29 is 4.79 Å². The highest BCUT2D eigenvalue weighted by molar-refractivity contribution is 5.75. The lowest BCUT2D eigenvalue weighted by Gasteiger charge is -2.06. The first-order valence-electron chi connectivity index (χ1n) is 6.38. The van der Waals surface area contributed by atoms with Gasteiger partial charge in [0.15, 0.2) is 0 Å². The second-order valence-electron chi connectivity index (χ2n) is 4.41. The van der Waals surface area contributed by atoms with Crippen LogP contribution in [0.4, 0.5) is 0 Å². The van der Waals surface area contributed by atoms with Gasteiger partial charge in [0.25, 0.3) is 0 Å². The van der Waals surface area contributed by atoms with Gasteiger partial charge < -0.3 is 0 Å². The molecule has 0 amide bonds. The van der Waals surface area contributed by atoms with Crippen molar-refractivity contribution in [2.45, 2.75) is 52.4 Å². The van der Waals surface area contributed by atoms with Crippen molar-refractivity contribution in [3.63, 3.8) is 0 Å². The van der Waals surface area contributed by atoms with E-state index in [1.807, 2.05) is 12.1 Å². The molecular weight excluding hydrogens is 196 g/mol. The van der Waals surface area contributed by atoms with E-state index in [4.69, 9.17) is 0 Å². The van der Waals surface area contributed by atoms with Gasteiger partial charge in [0.2, 0.25) is 0 Å². The number of carbonyl (C=O) groups excluding carboxylic acids is 1. The van der Waals surface area contributed by atoms with Crippen molar-refractivity contribution in [1.82, 2.24) is 0 Å². The molecule has 0 atom stereocenters. The summed E-state index contributed by atoms with van der Waals surface area (Å²) in [5.41, 5.74) is 3.47. The Bertz CT molecular complexity index is 302. The maximum Gasteiger partial charge on any atom is 0.150 e. The van der Waals surface area contributed by atoms with Gasteiger partial charge in [-0.3, -0.25) is 4.79 Å². The SMILES string of the molecule is CCCCc1cc(C=O)cc(CCCC)c1. The van der Waals surface area contributed by atoms with Crippen LogP contribution < -0.4 is 0 Å². The number of aryl methyl sites for hydroxylation is 2. The minimum atomic E-state index is 0.833. The second-order valence-corrected chi connectivity index (χ2v) is 4.41. The van der Waals surface area contributed by atoms with Gasteiger partial charge in [-0.05, 0) is 48.9 Å². The summed E-state index contributed by atoms with van der Waals surface area (Å²) in [6, 6.07) is 6.31. The lowest BCUT2D eigenvalue weighted by Crippen LogP contribution is -1.93. The highest BCUT2D eigenvalue weighted by Crippen LogP contribution is 2.14. The summed E-state index contributed by atoms with van der Waals surface area (Å²) in [6.45, 7) is 4.39. The number of hydrogen-bond acceptors (Lipinski definition) is 1. The zero-order valence-corrected chi connectivity index (χ0v) is 10.5. The number of carbonyl (C=O) groups is 1. The standard InChI is InChI=1S/C15H22O/c1-3-5-7-13-9-14(8-6-4-2)11-15(10-13)12-16/h9-12H,3-8H2,1-2H3. The van der Waals surface area contributed by atoms with Gasteiger partial charge >= 0.3 is 0 Å². The molecule has 0 aliphatic heterocycles. The molecule has 0 N–H and O–H groups in total. The van der Waals surface area contributed by atoms with E-state index in [-0.39, 0.29) is 0 Å². The highest BCUT2D eigenvalue weighted by atomic mass is 16.1. The van der Waals surface area contributed by atoms with Crippen LogP contribution in [0.3, 0.4) is 0 Å². The summed E-state index contributed by atoms with van der Waals surface area (Å²) in [4.78, 5) is 10.9. The molecule has 0 unspecified atom stereocenters. The number of rotatable bonds is 7. The second kappa shape index (κ2) is 7.21. The fraction of sp³-hybridized carbons (Fsp3) is 0.533. The van der Waals surface area contributed by atoms with Crippen LogP contribution in [0, 0.1) is 0 Å². The smallest absolute Gasteiger partial charge is 0.150 e. The molecule has 0 aliphatic rings. The Morgan fingerprint density at radius 2 is 1.44 bits per heavy atom. The van der Waals surface area contributed by atoms with Crippen molar-refractivity contribution >= 4 is 6.29 Å². The quantitative estimate of drug-likeness (QED) is 0.627. The summed E-state index contributed by atoms with van der Waals surface area (Å²) in [5.74, 6) is 0. The normalized spacial score (nSPS) is 10.4. The van der Waals surface area contributed by atoms with Crippen LogP contribution in [0.5, 0.6) is 0 Å². The number of benzene rings is 1. The van der Waals surface area contributed by atoms with E-state index in [1.165, 1.54) is 36.8 Å². The average Bonchev–Trinajstić information content (AvgIpc) is 2.33. The maximum absolute atomic E-state index is 10.9. The number of unbranched alkanes of at least 4 members (excludes halogenated alkanes) is 2. The molecule has 0 radical (unpaired) electrons. The van der Waals surface area contributed by atoms with Crippen molar-refractivity contribution in [3.05, 3.63) is 34.9 Å². The molecule has 0 aliphatic carbocycles. The van der Waals surface area contributed by atoms with Crippen molar-refractivity contribution in [2.75, 3.05) is 0 Å². The Hall–Kier alpha value is -1.11. The zero-order chi connectivity index (χ0) is 11.8. The van der Waals surface area contributed by atoms with Crippen molar-refractivity contribution in [3.8, 4) is 0 Å². The molecule has 0 saturated carbocycles. The average molecular weight is 218 g/mol. The van der Waals surface area contributed by atoms with Crippen LogP contribution >= 0.6 is 0 Å². The van der Waals surface area contributed by atoms with E-state index in [1.54, 1.807) is 0 Å². The van der Waals surface area contributed by atoms with Crippen molar-refractivity contribution in [2.24, 2.45) is 0 Å². The Kier molecular flexibility index (Phi) is 5.84. The van der Waals surface area contributed by atoms with Gasteiger partial charge in [0.05, 0.1) is 0 Å². The molecular formula is C15H22O. The fourth-order valence-electron chi connectivity index (χ4n) is 1.91. The van der Waals surface area contributed by atoms with E-state index in [9.17, 15) is 4.79 Å². The summed E-state index contributed by atoms with van der Waals surface area (Å²) >= 11 is 0. The molecule has 0 spiro atoms. The van der Waals surface area contributed by atoms with Gasteiger partial charge in [0.1, 0.15) is 6.29 Å². The Morgan fingerprint density at radius 3 is 1.81 bits per heavy atom. The first-order chi connectivity index (χ1) is 7.80. The van der Waals surface area contributed by atoms with E-state index in [2.05, 4.69) is 19.9 Å². The molecule has 0 heterocycles. The Morgan fingerprint density at radius 1 is 0.938 bits per heavy atom. The molecule has 1 aromatic rings. The molecule has 16 heavy (non-hydrogen) atoms. The summed E-state index contributed by atoms with van der Waals surface area (Å²) in [5, 5.41) is 0. The van der Waals surface area contributed by atoms with Crippen LogP contribution in [-0.2, 0) is 12.8 Å². The summed E-state index contributed by atoms with van der Waals surface area (Å²) in [7, 11) is 0. The predicted octanol–water partition coefficient (Wildman–Crippen LogP) is 4.18. The first kappa shape index (κ1) is 13.0. The van der Waals surface area contributed by atoms with Crippen LogP contribution in [0.25, 0.3) is 0 Å². The molecule has 1 nitrogen and oxygen atoms in total. The maximum atomic E-state index is 10.9. The van der Waals surface area contributed by atoms with Gasteiger partial charge in [0, 0.05) is 5.56 Å². The third kappa shape index (κ3) is 4.18. The predicted molar refractivity (Wildman–Crippen MR) is 69.1 cm³/mol. The van der Waals surface area contributed by atoms with Gasteiger partial charge in [-0.1, -0.05) is 32.8 Å². The molecule has 0 aromatic heterocycles. The number of hydrogen-bond donors (Lipinski definition) is 0. The molecule has 1 heteroatoms. The van der Waals surface area contributed by atoms with Gasteiger partial charge in [-0.2, -0.15) is 0 Å². The van der Waals surface area contributed by atoms with Crippen LogP contribution in [0.15, 0.2) is 18.2 Å². The fourth-order valence-corrected chi connectivity index (χ4v) is 1.91. The van der Waals surface area contributed by atoms with Gasteiger partial charge in [-0.15, -0.1) is 0 Å². The van der Waals surface area contributed by atoms with Crippen molar-refractivity contribution in [1.29, 1.82) is 0 Å². The van der Waals surface area contributed by atoms with Crippen LogP contribution in [-0.4, -0.2) is 6.29 Å². The third-order valence-electron chi connectivity index (χ3n) is 2.85. The topological polar surface area (TPSA) is 17.1 Å². The minimum absolute atomic E-state index is 0.833. The lowest BCUT2D eigenvalue weighted by molar-refractivity contribution is 0.112. The highest BCUT2D eigenvalue weighted by Gasteiger charge is 2.00. The van der Waals surface area contributed by atoms with E-state index in [0.29, 0.717) is 0 Å². The number of aldehydes is 1. The molecule has 1 aromatic carbocycles. The van der Waals surface area contributed by atoms with Gasteiger partial charge in [-0.25, -0.2) is 0 Å². The molecule has 88 valence electrons. The van der Waals surface area contributed by atoms with E-state index < -0.39 is 0 Å². The zero-order valence-electron chi connectivity index (χ0n) is 10.5. The van der Waals surface area contributed by atoms with E-state index in [0.717, 1.165) is 24.7 Å². The monoisotopic (exact) mass is 218 g/mol.